The second-order valence-electron chi connectivity index (χ2n) is 5.77. The van der Waals surface area contributed by atoms with E-state index < -0.39 is 0 Å². The smallest absolute Gasteiger partial charge is 0.234 e. The molecule has 0 saturated carbocycles. The third-order valence-corrected chi connectivity index (χ3v) is 5.44. The van der Waals surface area contributed by atoms with Crippen molar-refractivity contribution >= 4 is 17.7 Å². The van der Waals surface area contributed by atoms with Crippen LogP contribution in [0, 0.1) is 5.82 Å². The van der Waals surface area contributed by atoms with Gasteiger partial charge in [0, 0.05) is 6.54 Å². The van der Waals surface area contributed by atoms with Crippen LogP contribution < -0.4 is 14.2 Å². The molecule has 0 aromatic heterocycles. The predicted molar refractivity (Wildman–Crippen MR) is 98.2 cm³/mol. The van der Waals surface area contributed by atoms with Gasteiger partial charge < -0.3 is 19.1 Å². The minimum absolute atomic E-state index is 0.0120. The van der Waals surface area contributed by atoms with E-state index in [4.69, 9.17) is 14.2 Å². The van der Waals surface area contributed by atoms with Gasteiger partial charge in [-0.05, 0) is 35.4 Å². The van der Waals surface area contributed by atoms with Gasteiger partial charge in [0.1, 0.15) is 11.2 Å². The molecular weight excluding hydrogens is 357 g/mol. The highest BCUT2D eigenvalue weighted by Crippen LogP contribution is 2.46. The van der Waals surface area contributed by atoms with E-state index in [1.54, 1.807) is 32.3 Å². The lowest BCUT2D eigenvalue weighted by Crippen LogP contribution is -2.27. The number of methoxy groups -OCH3 is 3. The topological polar surface area (TPSA) is 48.0 Å². The zero-order valence-corrected chi connectivity index (χ0v) is 15.6. The molecule has 2 aromatic rings. The van der Waals surface area contributed by atoms with Crippen molar-refractivity contribution in [1.29, 1.82) is 0 Å². The predicted octanol–water partition coefficient (Wildman–Crippen LogP) is 3.63. The maximum Gasteiger partial charge on any atom is 0.234 e. The summed E-state index contributed by atoms with van der Waals surface area (Å²) in [6.45, 7) is 0.338. The number of ether oxygens (including phenoxy) is 3. The summed E-state index contributed by atoms with van der Waals surface area (Å²) in [6, 6.07) is 9.98. The minimum atomic E-state index is -0.314. The van der Waals surface area contributed by atoms with Crippen LogP contribution >= 0.6 is 11.8 Å². The first kappa shape index (κ1) is 18.4. The first-order chi connectivity index (χ1) is 12.6. The molecule has 7 heteroatoms. The molecule has 0 N–H and O–H groups in total. The van der Waals surface area contributed by atoms with Crippen LogP contribution in [0.4, 0.5) is 4.39 Å². The average molecular weight is 377 g/mol. The first-order valence-corrected chi connectivity index (χ1v) is 9.07. The fourth-order valence-electron chi connectivity index (χ4n) is 2.98. The number of carbonyl (C=O) groups excluding carboxylic acids is 1. The van der Waals surface area contributed by atoms with Crippen LogP contribution in [0.5, 0.6) is 17.2 Å². The van der Waals surface area contributed by atoms with Gasteiger partial charge in [0.2, 0.25) is 11.7 Å². The second-order valence-corrected chi connectivity index (χ2v) is 6.84. The molecule has 1 fully saturated rings. The van der Waals surface area contributed by atoms with Gasteiger partial charge in [-0.15, -0.1) is 11.8 Å². The molecule has 1 aliphatic rings. The van der Waals surface area contributed by atoms with Crippen LogP contribution in [-0.2, 0) is 11.3 Å². The van der Waals surface area contributed by atoms with Crippen molar-refractivity contribution in [3.63, 3.8) is 0 Å². The van der Waals surface area contributed by atoms with Crippen molar-refractivity contribution in [2.75, 3.05) is 27.1 Å². The van der Waals surface area contributed by atoms with Gasteiger partial charge in [-0.2, -0.15) is 0 Å². The summed E-state index contributed by atoms with van der Waals surface area (Å²) in [4.78, 5) is 14.1. The van der Waals surface area contributed by atoms with Gasteiger partial charge in [-0.25, -0.2) is 4.39 Å². The van der Waals surface area contributed by atoms with Crippen LogP contribution in [0.2, 0.25) is 0 Å². The van der Waals surface area contributed by atoms with E-state index in [1.807, 2.05) is 18.2 Å². The van der Waals surface area contributed by atoms with Crippen LogP contribution in [0.1, 0.15) is 16.5 Å². The Bertz CT molecular complexity index is 789. The normalized spacial score (nSPS) is 16.7. The number of carbonyl (C=O) groups is 1. The molecule has 1 heterocycles. The monoisotopic (exact) mass is 377 g/mol. The van der Waals surface area contributed by atoms with Gasteiger partial charge in [0.25, 0.3) is 0 Å². The van der Waals surface area contributed by atoms with Gasteiger partial charge in [-0.3, -0.25) is 4.79 Å². The zero-order valence-electron chi connectivity index (χ0n) is 14.8. The molecule has 2 aromatic carbocycles. The zero-order chi connectivity index (χ0) is 18.7. The van der Waals surface area contributed by atoms with Crippen molar-refractivity contribution in [3.05, 3.63) is 53.3 Å². The average Bonchev–Trinajstić information content (AvgIpc) is 3.01. The molecule has 26 heavy (non-hydrogen) atoms. The maximum atomic E-state index is 13.5. The van der Waals surface area contributed by atoms with Crippen molar-refractivity contribution in [3.8, 4) is 17.2 Å². The second kappa shape index (κ2) is 7.86. The molecule has 1 saturated heterocycles. The Kier molecular flexibility index (Phi) is 5.56. The molecule has 5 nitrogen and oxygen atoms in total. The number of nitrogens with zero attached hydrogens (tertiary/aromatic N) is 1. The van der Waals surface area contributed by atoms with E-state index in [0.717, 1.165) is 11.1 Å². The number of benzene rings is 2. The number of hydrogen-bond acceptors (Lipinski definition) is 5. The van der Waals surface area contributed by atoms with Crippen LogP contribution in [0.25, 0.3) is 0 Å². The number of rotatable bonds is 6. The Morgan fingerprint density at radius 1 is 1.12 bits per heavy atom. The van der Waals surface area contributed by atoms with E-state index in [9.17, 15) is 9.18 Å². The van der Waals surface area contributed by atoms with Crippen molar-refractivity contribution in [2.45, 2.75) is 11.9 Å². The van der Waals surface area contributed by atoms with E-state index in [1.165, 1.54) is 23.9 Å². The van der Waals surface area contributed by atoms with Gasteiger partial charge in [-0.1, -0.05) is 12.1 Å². The minimum Gasteiger partial charge on any atom is -0.493 e. The molecule has 0 bridgehead atoms. The molecule has 1 aliphatic heterocycles. The summed E-state index contributed by atoms with van der Waals surface area (Å²) >= 11 is 1.52. The standard InChI is InChI=1S/C19H20FNO4S/c1-23-15-8-13(9-16(24-2)18(15)25-3)19-21(17(22)11-26-19)10-12-5-4-6-14(20)7-12/h4-9,19H,10-11H2,1-3H3. The Balaban J connectivity index is 1.95. The fourth-order valence-corrected chi connectivity index (χ4v) is 4.14. The Labute approximate surface area is 156 Å². The van der Waals surface area contributed by atoms with Gasteiger partial charge in [0.05, 0.1) is 27.1 Å². The summed E-state index contributed by atoms with van der Waals surface area (Å²) in [5.74, 6) is 1.64. The van der Waals surface area contributed by atoms with Gasteiger partial charge >= 0.3 is 0 Å². The lowest BCUT2D eigenvalue weighted by atomic mass is 10.1. The highest BCUT2D eigenvalue weighted by molar-refractivity contribution is 8.00. The van der Waals surface area contributed by atoms with E-state index in [2.05, 4.69) is 0 Å². The van der Waals surface area contributed by atoms with Crippen molar-refractivity contribution < 1.29 is 23.4 Å². The quantitative estimate of drug-likeness (QED) is 0.769. The number of amides is 1. The van der Waals surface area contributed by atoms with Crippen LogP contribution in [0.3, 0.4) is 0 Å². The Morgan fingerprint density at radius 3 is 2.38 bits per heavy atom. The Morgan fingerprint density at radius 2 is 1.81 bits per heavy atom. The molecule has 138 valence electrons. The number of hydrogen-bond donors (Lipinski definition) is 0. The molecule has 0 aliphatic carbocycles. The molecule has 0 radical (unpaired) electrons. The van der Waals surface area contributed by atoms with Crippen LogP contribution in [-0.4, -0.2) is 37.9 Å². The number of halogens is 1. The maximum absolute atomic E-state index is 13.5. The largest absolute Gasteiger partial charge is 0.493 e. The summed E-state index contributed by atoms with van der Waals surface area (Å²) in [5, 5.41) is -0.209. The summed E-state index contributed by atoms with van der Waals surface area (Å²) in [7, 11) is 4.65. The molecular formula is C19H20FNO4S. The van der Waals surface area contributed by atoms with Crippen molar-refractivity contribution in [1.82, 2.24) is 4.90 Å². The SMILES string of the molecule is COc1cc(C2SCC(=O)N2Cc2cccc(F)c2)cc(OC)c1OC. The van der Waals surface area contributed by atoms with Gasteiger partial charge in [0.15, 0.2) is 11.5 Å². The molecule has 1 amide bonds. The summed E-state index contributed by atoms with van der Waals surface area (Å²) < 4.78 is 29.7. The van der Waals surface area contributed by atoms with Crippen molar-refractivity contribution in [2.24, 2.45) is 0 Å². The highest BCUT2D eigenvalue weighted by atomic mass is 32.2. The number of thioether (sulfide) groups is 1. The van der Waals surface area contributed by atoms with E-state index in [-0.39, 0.29) is 17.1 Å². The highest BCUT2D eigenvalue weighted by Gasteiger charge is 2.34. The molecule has 3 rings (SSSR count). The lowest BCUT2D eigenvalue weighted by molar-refractivity contribution is -0.128. The summed E-state index contributed by atoms with van der Waals surface area (Å²) in [6.07, 6.45) is 0. The molecule has 0 spiro atoms. The molecule has 1 unspecified atom stereocenters. The first-order valence-electron chi connectivity index (χ1n) is 8.02. The fraction of sp³-hybridized carbons (Fsp3) is 0.316. The third kappa shape index (κ3) is 3.58. The lowest BCUT2D eigenvalue weighted by Gasteiger charge is -2.25. The Hall–Kier alpha value is -2.41. The molecule has 1 atom stereocenters. The summed E-state index contributed by atoms with van der Waals surface area (Å²) in [5.41, 5.74) is 1.62. The van der Waals surface area contributed by atoms with E-state index in [0.29, 0.717) is 29.5 Å². The van der Waals surface area contributed by atoms with Crippen LogP contribution in [0.15, 0.2) is 36.4 Å². The third-order valence-electron chi connectivity index (χ3n) is 4.18. The van der Waals surface area contributed by atoms with E-state index >= 15 is 0 Å².